The second kappa shape index (κ2) is 9.11. The molecule has 2 unspecified atom stereocenters. The van der Waals surface area contributed by atoms with Crippen LogP contribution in [0, 0.1) is 6.92 Å². The van der Waals surface area contributed by atoms with Crippen molar-refractivity contribution < 1.29 is 19.3 Å². The zero-order valence-electron chi connectivity index (χ0n) is 16.4. The fourth-order valence-corrected chi connectivity index (χ4v) is 3.72. The molecule has 0 bridgehead atoms. The number of benzene rings is 2. The highest BCUT2D eigenvalue weighted by molar-refractivity contribution is 5.42. The molecule has 2 aromatic rings. The molecule has 0 aromatic heterocycles. The minimum Gasteiger partial charge on any atom is -0.497 e. The summed E-state index contributed by atoms with van der Waals surface area (Å²) >= 11 is 0. The van der Waals surface area contributed by atoms with Crippen molar-refractivity contribution in [3.05, 3.63) is 53.6 Å². The Kier molecular flexibility index (Phi) is 6.58. The number of rotatable bonds is 8. The molecule has 0 saturated carbocycles. The van der Waals surface area contributed by atoms with E-state index in [1.54, 1.807) is 14.2 Å². The average Bonchev–Trinajstić information content (AvgIpc) is 3.13. The first-order chi connectivity index (χ1) is 13.1. The lowest BCUT2D eigenvalue weighted by Gasteiger charge is -2.28. The lowest BCUT2D eigenvalue weighted by Crippen LogP contribution is -2.35. The summed E-state index contributed by atoms with van der Waals surface area (Å²) in [7, 11) is 3.36. The van der Waals surface area contributed by atoms with Gasteiger partial charge in [0.15, 0.2) is 0 Å². The van der Waals surface area contributed by atoms with Gasteiger partial charge >= 0.3 is 0 Å². The Balaban J connectivity index is 1.64. The summed E-state index contributed by atoms with van der Waals surface area (Å²) in [6.07, 6.45) is 1.58. The number of aliphatic hydroxyl groups excluding tert-OH is 1. The van der Waals surface area contributed by atoms with Crippen molar-refractivity contribution >= 4 is 0 Å². The summed E-state index contributed by atoms with van der Waals surface area (Å²) in [4.78, 5) is 2.31. The number of aliphatic hydroxyl groups is 1. The minimum absolute atomic E-state index is 0.212. The summed E-state index contributed by atoms with van der Waals surface area (Å²) in [6.45, 7) is 3.82. The lowest BCUT2D eigenvalue weighted by molar-refractivity contribution is 0.0634. The number of β-amino-alcohol motifs (C(OH)–C–C–N with tert-alkyl or cyclic N) is 1. The molecular formula is C22H29NO4. The van der Waals surface area contributed by atoms with Gasteiger partial charge in [-0.15, -0.1) is 0 Å². The number of nitrogens with zero attached hydrogens (tertiary/aromatic N) is 1. The molecule has 1 saturated heterocycles. The van der Waals surface area contributed by atoms with E-state index in [2.05, 4.69) is 4.90 Å². The molecule has 2 atom stereocenters. The van der Waals surface area contributed by atoms with E-state index >= 15 is 0 Å². The Bertz CT molecular complexity index is 749. The Morgan fingerprint density at radius 3 is 2.70 bits per heavy atom. The quantitative estimate of drug-likeness (QED) is 0.769. The van der Waals surface area contributed by atoms with E-state index in [0.717, 1.165) is 47.8 Å². The fraction of sp³-hybridized carbons (Fsp3) is 0.455. The first kappa shape index (κ1) is 19.5. The van der Waals surface area contributed by atoms with Gasteiger partial charge in [-0.3, -0.25) is 4.90 Å². The van der Waals surface area contributed by atoms with Crippen LogP contribution in [-0.2, 0) is 0 Å². The Labute approximate surface area is 161 Å². The predicted molar refractivity (Wildman–Crippen MR) is 106 cm³/mol. The third kappa shape index (κ3) is 4.93. The lowest BCUT2D eigenvalue weighted by atomic mass is 10.0. The molecular weight excluding hydrogens is 342 g/mol. The van der Waals surface area contributed by atoms with Crippen molar-refractivity contribution in [3.63, 3.8) is 0 Å². The summed E-state index contributed by atoms with van der Waals surface area (Å²) in [5.74, 6) is 2.47. The summed E-state index contributed by atoms with van der Waals surface area (Å²) in [5, 5.41) is 10.5. The van der Waals surface area contributed by atoms with Crippen LogP contribution in [0.5, 0.6) is 17.2 Å². The SMILES string of the molecule is COc1ccc(OC)c(C2CCCN2CC(O)COc2cccc(C)c2)c1. The van der Waals surface area contributed by atoms with Crippen LogP contribution in [0.3, 0.4) is 0 Å². The first-order valence-corrected chi connectivity index (χ1v) is 9.44. The maximum absolute atomic E-state index is 10.5. The first-order valence-electron chi connectivity index (χ1n) is 9.44. The molecule has 1 aliphatic rings. The van der Waals surface area contributed by atoms with Gasteiger partial charge in [0.1, 0.15) is 30.0 Å². The third-order valence-electron chi connectivity index (χ3n) is 5.04. The van der Waals surface area contributed by atoms with Crippen LogP contribution in [0.25, 0.3) is 0 Å². The molecule has 0 amide bonds. The second-order valence-corrected chi connectivity index (χ2v) is 7.04. The number of ether oxygens (including phenoxy) is 3. The maximum atomic E-state index is 10.5. The normalized spacial score (nSPS) is 18.3. The fourth-order valence-electron chi connectivity index (χ4n) is 3.72. The van der Waals surface area contributed by atoms with Gasteiger partial charge in [-0.25, -0.2) is 0 Å². The van der Waals surface area contributed by atoms with E-state index in [9.17, 15) is 5.11 Å². The van der Waals surface area contributed by atoms with Crippen LogP contribution in [0.1, 0.15) is 30.0 Å². The van der Waals surface area contributed by atoms with Crippen LogP contribution in [0.4, 0.5) is 0 Å². The molecule has 2 aromatic carbocycles. The van der Waals surface area contributed by atoms with Gasteiger partial charge in [-0.05, 0) is 62.2 Å². The Morgan fingerprint density at radius 1 is 1.11 bits per heavy atom. The van der Waals surface area contributed by atoms with Gasteiger partial charge < -0.3 is 19.3 Å². The highest BCUT2D eigenvalue weighted by Gasteiger charge is 2.30. The Hall–Kier alpha value is -2.24. The van der Waals surface area contributed by atoms with Crippen molar-refractivity contribution in [1.82, 2.24) is 4.90 Å². The number of hydrogen-bond acceptors (Lipinski definition) is 5. The van der Waals surface area contributed by atoms with Crippen molar-refractivity contribution in [3.8, 4) is 17.2 Å². The smallest absolute Gasteiger partial charge is 0.123 e. The molecule has 1 aliphatic heterocycles. The molecule has 5 heteroatoms. The van der Waals surface area contributed by atoms with Crippen LogP contribution in [0.15, 0.2) is 42.5 Å². The van der Waals surface area contributed by atoms with Gasteiger partial charge in [0.2, 0.25) is 0 Å². The molecule has 1 fully saturated rings. The van der Waals surface area contributed by atoms with Crippen molar-refractivity contribution in [2.45, 2.75) is 31.9 Å². The largest absolute Gasteiger partial charge is 0.497 e. The van der Waals surface area contributed by atoms with Crippen molar-refractivity contribution in [2.75, 3.05) is 33.9 Å². The van der Waals surface area contributed by atoms with E-state index in [-0.39, 0.29) is 12.6 Å². The van der Waals surface area contributed by atoms with E-state index in [4.69, 9.17) is 14.2 Å². The van der Waals surface area contributed by atoms with Gasteiger partial charge in [0.25, 0.3) is 0 Å². The molecule has 0 spiro atoms. The molecule has 146 valence electrons. The Morgan fingerprint density at radius 2 is 1.96 bits per heavy atom. The molecule has 3 rings (SSSR count). The average molecular weight is 371 g/mol. The van der Waals surface area contributed by atoms with Crippen LogP contribution in [0.2, 0.25) is 0 Å². The van der Waals surface area contributed by atoms with Crippen LogP contribution >= 0.6 is 0 Å². The number of methoxy groups -OCH3 is 2. The van der Waals surface area contributed by atoms with E-state index in [1.807, 2.05) is 49.4 Å². The minimum atomic E-state index is -0.553. The van der Waals surface area contributed by atoms with Crippen molar-refractivity contribution in [1.29, 1.82) is 0 Å². The topological polar surface area (TPSA) is 51.2 Å². The zero-order chi connectivity index (χ0) is 19.2. The summed E-state index contributed by atoms with van der Waals surface area (Å²) in [5.41, 5.74) is 2.26. The van der Waals surface area contributed by atoms with Crippen LogP contribution in [-0.4, -0.2) is 50.0 Å². The molecule has 0 radical (unpaired) electrons. The van der Waals surface area contributed by atoms with Gasteiger partial charge in [0, 0.05) is 18.2 Å². The van der Waals surface area contributed by atoms with E-state index in [1.165, 1.54) is 0 Å². The third-order valence-corrected chi connectivity index (χ3v) is 5.04. The zero-order valence-corrected chi connectivity index (χ0v) is 16.4. The monoisotopic (exact) mass is 371 g/mol. The second-order valence-electron chi connectivity index (χ2n) is 7.04. The van der Waals surface area contributed by atoms with Gasteiger partial charge in [0.05, 0.1) is 14.2 Å². The molecule has 27 heavy (non-hydrogen) atoms. The molecule has 1 N–H and O–H groups in total. The number of likely N-dealkylation sites (tertiary alicyclic amines) is 1. The number of hydrogen-bond donors (Lipinski definition) is 1. The molecule has 0 aliphatic carbocycles. The van der Waals surface area contributed by atoms with E-state index < -0.39 is 6.10 Å². The maximum Gasteiger partial charge on any atom is 0.123 e. The number of aryl methyl sites for hydroxylation is 1. The van der Waals surface area contributed by atoms with Gasteiger partial charge in [-0.1, -0.05) is 12.1 Å². The highest BCUT2D eigenvalue weighted by Crippen LogP contribution is 2.38. The van der Waals surface area contributed by atoms with Crippen LogP contribution < -0.4 is 14.2 Å². The summed E-state index contributed by atoms with van der Waals surface area (Å²) < 4.78 is 16.7. The predicted octanol–water partition coefficient (Wildman–Crippen LogP) is 3.59. The highest BCUT2D eigenvalue weighted by atomic mass is 16.5. The molecule has 1 heterocycles. The molecule has 5 nitrogen and oxygen atoms in total. The standard InChI is InChI=1S/C22H29NO4/c1-16-6-4-7-19(12-16)27-15-17(24)14-23-11-5-8-21(23)20-13-18(25-2)9-10-22(20)26-3/h4,6-7,9-10,12-13,17,21,24H,5,8,11,14-15H2,1-3H3. The van der Waals surface area contributed by atoms with Crippen molar-refractivity contribution in [2.24, 2.45) is 0 Å². The van der Waals surface area contributed by atoms with Gasteiger partial charge in [-0.2, -0.15) is 0 Å². The van der Waals surface area contributed by atoms with E-state index in [0.29, 0.717) is 6.54 Å². The summed E-state index contributed by atoms with van der Waals surface area (Å²) in [6, 6.07) is 14.0.